The number of hydrogen-bond acceptors (Lipinski definition) is 6. The van der Waals surface area contributed by atoms with Crippen molar-refractivity contribution in [2.75, 3.05) is 33.1 Å². The highest BCUT2D eigenvalue weighted by atomic mass is 32.2. The van der Waals surface area contributed by atoms with E-state index in [4.69, 9.17) is 13.7 Å². The summed E-state index contributed by atoms with van der Waals surface area (Å²) in [6, 6.07) is 12.5. The van der Waals surface area contributed by atoms with Crippen molar-refractivity contribution >= 4 is 10.1 Å². The molecule has 0 bridgehead atoms. The van der Waals surface area contributed by atoms with Crippen LogP contribution in [0.3, 0.4) is 0 Å². The first-order valence-corrected chi connectivity index (χ1v) is 10.0. The summed E-state index contributed by atoms with van der Waals surface area (Å²) >= 11 is 0. The van der Waals surface area contributed by atoms with E-state index < -0.39 is 10.1 Å². The lowest BCUT2D eigenvalue weighted by Gasteiger charge is -2.29. The van der Waals surface area contributed by atoms with Gasteiger partial charge in [-0.1, -0.05) is 18.2 Å². The van der Waals surface area contributed by atoms with Crippen molar-refractivity contribution in [2.24, 2.45) is 0 Å². The Balaban J connectivity index is 1.62. The Kier molecular flexibility index (Phi) is 5.68. The Morgan fingerprint density at radius 1 is 1.00 bits per heavy atom. The molecule has 0 spiro atoms. The Morgan fingerprint density at radius 3 is 2.31 bits per heavy atom. The van der Waals surface area contributed by atoms with Gasteiger partial charge in [-0.05, 0) is 41.8 Å². The lowest BCUT2D eigenvalue weighted by atomic mass is 9.99. The molecule has 0 N–H and O–H groups in total. The summed E-state index contributed by atoms with van der Waals surface area (Å²) in [7, 11) is -0.390. The number of ether oxygens (including phenoxy) is 2. The Bertz CT molecular complexity index is 852. The maximum atomic E-state index is 12.2. The minimum Gasteiger partial charge on any atom is -0.493 e. The number of benzene rings is 2. The lowest BCUT2D eigenvalue weighted by molar-refractivity contribution is 0.265. The molecule has 0 saturated carbocycles. The molecule has 2 aromatic rings. The van der Waals surface area contributed by atoms with Crippen LogP contribution in [0.1, 0.15) is 11.1 Å². The number of nitrogens with zero attached hydrogens (tertiary/aromatic N) is 1. The summed E-state index contributed by atoms with van der Waals surface area (Å²) in [6.07, 6.45) is 0.843. The summed E-state index contributed by atoms with van der Waals surface area (Å²) in [5, 5.41) is 0. The topological polar surface area (TPSA) is 65.1 Å². The summed E-state index contributed by atoms with van der Waals surface area (Å²) in [6.45, 7) is 1.89. The first-order valence-electron chi connectivity index (χ1n) is 8.44. The molecule has 0 saturated heterocycles. The zero-order valence-electron chi connectivity index (χ0n) is 15.0. The van der Waals surface area contributed by atoms with Crippen LogP contribution in [-0.4, -0.2) is 46.4 Å². The van der Waals surface area contributed by atoms with Gasteiger partial charge in [-0.15, -0.1) is 0 Å². The summed E-state index contributed by atoms with van der Waals surface area (Å²) in [4.78, 5) is 2.11. The molecule has 26 heavy (non-hydrogen) atoms. The van der Waals surface area contributed by atoms with Gasteiger partial charge in [0, 0.05) is 19.6 Å². The Morgan fingerprint density at radius 2 is 1.65 bits per heavy atom. The summed E-state index contributed by atoms with van der Waals surface area (Å²) in [5.41, 5.74) is 2.34. The predicted molar refractivity (Wildman–Crippen MR) is 99.4 cm³/mol. The van der Waals surface area contributed by atoms with Crippen LogP contribution in [0, 0.1) is 0 Å². The Labute approximate surface area is 154 Å². The van der Waals surface area contributed by atoms with Crippen LogP contribution in [0.25, 0.3) is 0 Å². The molecule has 1 aliphatic heterocycles. The van der Waals surface area contributed by atoms with Crippen LogP contribution in [0.5, 0.6) is 17.2 Å². The number of fused-ring (bicyclic) bond motifs is 1. The number of hydrogen-bond donors (Lipinski definition) is 0. The smallest absolute Gasteiger partial charge is 0.310 e. The molecular formula is C19H23NO5S. The molecule has 7 heteroatoms. The van der Waals surface area contributed by atoms with Gasteiger partial charge in [-0.2, -0.15) is 8.42 Å². The van der Waals surface area contributed by atoms with E-state index in [0.29, 0.717) is 24.6 Å². The van der Waals surface area contributed by atoms with Crippen molar-refractivity contribution in [1.82, 2.24) is 4.90 Å². The van der Waals surface area contributed by atoms with Gasteiger partial charge in [-0.3, -0.25) is 4.90 Å². The highest BCUT2D eigenvalue weighted by Gasteiger charge is 2.22. The van der Waals surface area contributed by atoms with Crippen LogP contribution < -0.4 is 13.7 Å². The molecule has 0 radical (unpaired) electrons. The maximum Gasteiger partial charge on any atom is 0.310 e. The van der Waals surface area contributed by atoms with E-state index in [1.165, 1.54) is 5.56 Å². The largest absolute Gasteiger partial charge is 0.493 e. The van der Waals surface area contributed by atoms with E-state index in [-0.39, 0.29) is 5.75 Å². The fourth-order valence-electron chi connectivity index (χ4n) is 3.04. The SMILES string of the molecule is COc1cc2c(cc1OC)CN(CCS(=O)(=O)Oc1ccccc1)CC2. The average molecular weight is 377 g/mol. The van der Waals surface area contributed by atoms with Gasteiger partial charge in [0.05, 0.1) is 20.0 Å². The second-order valence-corrected chi connectivity index (χ2v) is 7.85. The molecule has 0 unspecified atom stereocenters. The van der Waals surface area contributed by atoms with Crippen molar-refractivity contribution in [3.05, 3.63) is 53.6 Å². The third-order valence-corrected chi connectivity index (χ3v) is 5.55. The van der Waals surface area contributed by atoms with Gasteiger partial charge in [0.2, 0.25) is 0 Å². The number of rotatable bonds is 7. The number of para-hydroxylation sites is 1. The molecule has 1 heterocycles. The first-order chi connectivity index (χ1) is 12.5. The van der Waals surface area contributed by atoms with Gasteiger partial charge in [0.15, 0.2) is 11.5 Å². The fraction of sp³-hybridized carbons (Fsp3) is 0.368. The highest BCUT2D eigenvalue weighted by Crippen LogP contribution is 2.33. The van der Waals surface area contributed by atoms with Gasteiger partial charge in [0.1, 0.15) is 5.75 Å². The quantitative estimate of drug-likeness (QED) is 0.691. The van der Waals surface area contributed by atoms with E-state index in [1.54, 1.807) is 38.5 Å². The molecule has 0 atom stereocenters. The zero-order valence-corrected chi connectivity index (χ0v) is 15.8. The van der Waals surface area contributed by atoms with Crippen molar-refractivity contribution < 1.29 is 22.1 Å². The van der Waals surface area contributed by atoms with Crippen molar-refractivity contribution in [1.29, 1.82) is 0 Å². The molecule has 2 aromatic carbocycles. The van der Waals surface area contributed by atoms with Crippen LogP contribution >= 0.6 is 0 Å². The monoisotopic (exact) mass is 377 g/mol. The molecule has 3 rings (SSSR count). The van der Waals surface area contributed by atoms with E-state index in [2.05, 4.69) is 4.90 Å². The molecule has 0 amide bonds. The zero-order chi connectivity index (χ0) is 18.6. The molecule has 140 valence electrons. The Hall–Kier alpha value is -2.25. The second kappa shape index (κ2) is 7.97. The molecule has 6 nitrogen and oxygen atoms in total. The van der Waals surface area contributed by atoms with Gasteiger partial charge >= 0.3 is 10.1 Å². The van der Waals surface area contributed by atoms with Crippen LogP contribution in [0.15, 0.2) is 42.5 Å². The normalized spacial score (nSPS) is 14.5. The third kappa shape index (κ3) is 4.47. The first kappa shape index (κ1) is 18.5. The van der Waals surface area contributed by atoms with E-state index in [0.717, 1.165) is 24.3 Å². The van der Waals surface area contributed by atoms with Crippen molar-refractivity contribution in [3.63, 3.8) is 0 Å². The lowest BCUT2D eigenvalue weighted by Crippen LogP contribution is -2.35. The van der Waals surface area contributed by atoms with Crippen LogP contribution in [0.4, 0.5) is 0 Å². The van der Waals surface area contributed by atoms with E-state index >= 15 is 0 Å². The summed E-state index contributed by atoms with van der Waals surface area (Å²) < 4.78 is 40.2. The van der Waals surface area contributed by atoms with E-state index in [9.17, 15) is 8.42 Å². The molecule has 0 aliphatic carbocycles. The molecule has 0 fully saturated rings. The van der Waals surface area contributed by atoms with Crippen LogP contribution in [-0.2, 0) is 23.1 Å². The van der Waals surface area contributed by atoms with Crippen molar-refractivity contribution in [2.45, 2.75) is 13.0 Å². The van der Waals surface area contributed by atoms with Gasteiger partial charge in [-0.25, -0.2) is 0 Å². The highest BCUT2D eigenvalue weighted by molar-refractivity contribution is 7.87. The molecule has 1 aliphatic rings. The maximum absolute atomic E-state index is 12.2. The standard InChI is InChI=1S/C19H23NO5S/c1-23-18-12-15-8-9-20(14-16(15)13-19(18)24-2)10-11-26(21,22)25-17-6-4-3-5-7-17/h3-7,12-13H,8-11,14H2,1-2H3. The molecular weight excluding hydrogens is 354 g/mol. The average Bonchev–Trinajstić information content (AvgIpc) is 2.65. The van der Waals surface area contributed by atoms with Gasteiger partial charge in [0.25, 0.3) is 0 Å². The van der Waals surface area contributed by atoms with Gasteiger partial charge < -0.3 is 13.7 Å². The third-order valence-electron chi connectivity index (χ3n) is 4.42. The van der Waals surface area contributed by atoms with Crippen molar-refractivity contribution in [3.8, 4) is 17.2 Å². The van der Waals surface area contributed by atoms with E-state index in [1.807, 2.05) is 18.2 Å². The minimum atomic E-state index is -3.62. The number of methoxy groups -OCH3 is 2. The van der Waals surface area contributed by atoms with Crippen LogP contribution in [0.2, 0.25) is 0 Å². The fourth-order valence-corrected chi connectivity index (χ4v) is 4.01. The predicted octanol–water partition coefficient (Wildman–Crippen LogP) is 2.47. The second-order valence-electron chi connectivity index (χ2n) is 6.16. The summed E-state index contributed by atoms with van der Waals surface area (Å²) in [5.74, 6) is 1.70. The molecule has 0 aromatic heterocycles. The minimum absolute atomic E-state index is 0.0511.